The summed E-state index contributed by atoms with van der Waals surface area (Å²) in [6, 6.07) is 3.35. The SMILES string of the molecule is COC(=O)C[C@@H](N)c1cc(F)cc(Cl)c1. The van der Waals surface area contributed by atoms with Crippen molar-refractivity contribution in [1.29, 1.82) is 0 Å². The summed E-state index contributed by atoms with van der Waals surface area (Å²) < 4.78 is 17.4. The number of nitrogens with two attached hydrogens (primary N) is 1. The quantitative estimate of drug-likeness (QED) is 0.810. The van der Waals surface area contributed by atoms with Crippen molar-refractivity contribution in [1.82, 2.24) is 0 Å². The number of ether oxygens (including phenoxy) is 1. The van der Waals surface area contributed by atoms with Crippen molar-refractivity contribution in [2.24, 2.45) is 5.73 Å². The Hall–Kier alpha value is -1.13. The Morgan fingerprint density at radius 2 is 2.27 bits per heavy atom. The van der Waals surface area contributed by atoms with Gasteiger partial charge < -0.3 is 10.5 Å². The highest BCUT2D eigenvalue weighted by Gasteiger charge is 2.13. The second kappa shape index (κ2) is 5.09. The van der Waals surface area contributed by atoms with Crippen molar-refractivity contribution in [3.63, 3.8) is 0 Å². The molecule has 1 aromatic rings. The average Bonchev–Trinajstić information content (AvgIpc) is 2.16. The lowest BCUT2D eigenvalue weighted by atomic mass is 10.0. The van der Waals surface area contributed by atoms with E-state index in [4.69, 9.17) is 17.3 Å². The molecule has 1 atom stereocenters. The van der Waals surface area contributed by atoms with Gasteiger partial charge in [0.25, 0.3) is 0 Å². The third kappa shape index (κ3) is 3.49. The van der Waals surface area contributed by atoms with E-state index in [-0.39, 0.29) is 11.4 Å². The number of halogens is 2. The van der Waals surface area contributed by atoms with Crippen LogP contribution in [0.4, 0.5) is 4.39 Å². The molecule has 1 rings (SSSR count). The lowest BCUT2D eigenvalue weighted by Gasteiger charge is -2.10. The van der Waals surface area contributed by atoms with Crippen LogP contribution in [0.3, 0.4) is 0 Å². The first kappa shape index (κ1) is 11.9. The number of rotatable bonds is 3. The lowest BCUT2D eigenvalue weighted by Crippen LogP contribution is -2.16. The van der Waals surface area contributed by atoms with E-state index in [1.54, 1.807) is 0 Å². The molecule has 0 aliphatic rings. The normalized spacial score (nSPS) is 12.3. The largest absolute Gasteiger partial charge is 0.469 e. The smallest absolute Gasteiger partial charge is 0.307 e. The minimum atomic E-state index is -0.606. The van der Waals surface area contributed by atoms with E-state index in [1.165, 1.54) is 25.3 Å². The number of carbonyl (C=O) groups excluding carboxylic acids is 1. The number of hydrogen-bond acceptors (Lipinski definition) is 3. The number of benzene rings is 1. The molecule has 1 aromatic carbocycles. The van der Waals surface area contributed by atoms with E-state index in [2.05, 4.69) is 4.74 Å². The Labute approximate surface area is 92.0 Å². The summed E-state index contributed by atoms with van der Waals surface area (Å²) in [5, 5.41) is 0.255. The maximum Gasteiger partial charge on any atom is 0.307 e. The van der Waals surface area contributed by atoms with Crippen molar-refractivity contribution in [2.75, 3.05) is 7.11 Å². The Morgan fingerprint density at radius 1 is 1.60 bits per heavy atom. The van der Waals surface area contributed by atoms with E-state index in [1.807, 2.05) is 0 Å². The van der Waals surface area contributed by atoms with Gasteiger partial charge in [-0.2, -0.15) is 0 Å². The van der Waals surface area contributed by atoms with Gasteiger partial charge in [0, 0.05) is 11.1 Å². The van der Waals surface area contributed by atoms with E-state index in [9.17, 15) is 9.18 Å². The van der Waals surface area contributed by atoms with Crippen LogP contribution in [0.15, 0.2) is 18.2 Å². The summed E-state index contributed by atoms with van der Waals surface area (Å²) in [4.78, 5) is 10.9. The third-order valence-electron chi connectivity index (χ3n) is 1.93. The Morgan fingerprint density at radius 3 is 2.80 bits per heavy atom. The fourth-order valence-corrected chi connectivity index (χ4v) is 1.40. The van der Waals surface area contributed by atoms with Crippen LogP contribution in [0.2, 0.25) is 5.02 Å². The molecule has 0 heterocycles. The van der Waals surface area contributed by atoms with E-state index in [0.717, 1.165) is 0 Å². The average molecular weight is 232 g/mol. The van der Waals surface area contributed by atoms with Gasteiger partial charge >= 0.3 is 5.97 Å². The molecule has 0 aliphatic carbocycles. The van der Waals surface area contributed by atoms with Gasteiger partial charge in [-0.25, -0.2) is 4.39 Å². The first-order valence-corrected chi connectivity index (χ1v) is 4.69. The molecule has 5 heteroatoms. The zero-order chi connectivity index (χ0) is 11.4. The fourth-order valence-electron chi connectivity index (χ4n) is 1.17. The van der Waals surface area contributed by atoms with Gasteiger partial charge in [-0.15, -0.1) is 0 Å². The van der Waals surface area contributed by atoms with Crippen molar-refractivity contribution >= 4 is 17.6 Å². The summed E-state index contributed by atoms with van der Waals surface area (Å²) in [7, 11) is 1.27. The molecular weight excluding hydrogens is 221 g/mol. The molecule has 0 fully saturated rings. The Bertz CT molecular complexity index is 350. The molecule has 3 nitrogen and oxygen atoms in total. The predicted molar refractivity (Wildman–Crippen MR) is 55.0 cm³/mol. The molecule has 82 valence electrons. The van der Waals surface area contributed by atoms with E-state index >= 15 is 0 Å². The standard InChI is InChI=1S/C10H11ClFNO2/c1-15-10(14)5-9(13)6-2-7(11)4-8(12)3-6/h2-4,9H,5,13H2,1H3/t9-/m1/s1. The monoisotopic (exact) mass is 231 g/mol. The van der Waals surface area contributed by atoms with Crippen LogP contribution >= 0.6 is 11.6 Å². The van der Waals surface area contributed by atoms with E-state index < -0.39 is 17.8 Å². The molecule has 0 aromatic heterocycles. The highest BCUT2D eigenvalue weighted by atomic mass is 35.5. The van der Waals surface area contributed by atoms with Gasteiger partial charge in [0.15, 0.2) is 0 Å². The molecule has 0 amide bonds. The summed E-state index contributed by atoms with van der Waals surface area (Å²) in [6.45, 7) is 0. The molecule has 0 saturated heterocycles. The second-order valence-electron chi connectivity index (χ2n) is 3.09. The van der Waals surface area contributed by atoms with Crippen molar-refractivity contribution < 1.29 is 13.9 Å². The van der Waals surface area contributed by atoms with Crippen LogP contribution in [0.5, 0.6) is 0 Å². The zero-order valence-electron chi connectivity index (χ0n) is 8.17. The van der Waals surface area contributed by atoms with E-state index in [0.29, 0.717) is 5.56 Å². The van der Waals surface area contributed by atoms with Crippen molar-refractivity contribution in [3.05, 3.63) is 34.6 Å². The summed E-state index contributed by atoms with van der Waals surface area (Å²) in [5.41, 5.74) is 6.16. The van der Waals surface area contributed by atoms with Crippen molar-refractivity contribution in [3.8, 4) is 0 Å². The lowest BCUT2D eigenvalue weighted by molar-refractivity contribution is -0.141. The highest BCUT2D eigenvalue weighted by molar-refractivity contribution is 6.30. The Kier molecular flexibility index (Phi) is 4.05. The summed E-state index contributed by atoms with van der Waals surface area (Å²) in [5.74, 6) is -0.916. The van der Waals surface area contributed by atoms with Gasteiger partial charge in [0.1, 0.15) is 5.82 Å². The molecule has 0 radical (unpaired) electrons. The van der Waals surface area contributed by atoms with Gasteiger partial charge in [-0.3, -0.25) is 4.79 Å². The minimum absolute atomic E-state index is 0.00369. The number of methoxy groups -OCH3 is 1. The number of hydrogen-bond donors (Lipinski definition) is 1. The van der Waals surface area contributed by atoms with Crippen LogP contribution in [-0.2, 0) is 9.53 Å². The third-order valence-corrected chi connectivity index (χ3v) is 2.15. The second-order valence-corrected chi connectivity index (χ2v) is 3.53. The first-order chi connectivity index (χ1) is 7.02. The predicted octanol–water partition coefficient (Wildman–Crippen LogP) is 2.04. The van der Waals surface area contributed by atoms with Gasteiger partial charge in [-0.05, 0) is 23.8 Å². The van der Waals surface area contributed by atoms with Gasteiger partial charge in [-0.1, -0.05) is 11.6 Å². The van der Waals surface area contributed by atoms with Crippen LogP contribution in [0.1, 0.15) is 18.0 Å². The van der Waals surface area contributed by atoms with Gasteiger partial charge in [0.2, 0.25) is 0 Å². The van der Waals surface area contributed by atoms with Crippen LogP contribution < -0.4 is 5.73 Å². The summed E-state index contributed by atoms with van der Waals surface area (Å²) in [6.07, 6.45) is -0.00369. The minimum Gasteiger partial charge on any atom is -0.469 e. The van der Waals surface area contributed by atoms with Crippen molar-refractivity contribution in [2.45, 2.75) is 12.5 Å². The number of carbonyl (C=O) groups is 1. The maximum absolute atomic E-state index is 13.0. The highest BCUT2D eigenvalue weighted by Crippen LogP contribution is 2.20. The molecule has 0 bridgehead atoms. The van der Waals surface area contributed by atoms with Crippen LogP contribution in [0, 0.1) is 5.82 Å². The molecule has 0 unspecified atom stereocenters. The maximum atomic E-state index is 13.0. The zero-order valence-corrected chi connectivity index (χ0v) is 8.92. The molecule has 0 saturated carbocycles. The molecule has 15 heavy (non-hydrogen) atoms. The molecule has 0 spiro atoms. The number of esters is 1. The first-order valence-electron chi connectivity index (χ1n) is 4.31. The summed E-state index contributed by atoms with van der Waals surface area (Å²) >= 11 is 5.65. The fraction of sp³-hybridized carbons (Fsp3) is 0.300. The molecule has 0 aliphatic heterocycles. The molecular formula is C10H11ClFNO2. The van der Waals surface area contributed by atoms with Crippen LogP contribution in [-0.4, -0.2) is 13.1 Å². The topological polar surface area (TPSA) is 52.3 Å². The van der Waals surface area contributed by atoms with Crippen LogP contribution in [0.25, 0.3) is 0 Å². The van der Waals surface area contributed by atoms with Gasteiger partial charge in [0.05, 0.1) is 13.5 Å². The Balaban J connectivity index is 2.81. The molecule has 2 N–H and O–H groups in total.